The van der Waals surface area contributed by atoms with Gasteiger partial charge in [0, 0.05) is 17.1 Å². The van der Waals surface area contributed by atoms with Crippen molar-refractivity contribution in [3.05, 3.63) is 35.5 Å². The summed E-state index contributed by atoms with van der Waals surface area (Å²) < 4.78 is 0. The Morgan fingerprint density at radius 2 is 1.95 bits per heavy atom. The fourth-order valence-electron chi connectivity index (χ4n) is 4.54. The Hall–Kier alpha value is -1.24. The lowest BCUT2D eigenvalue weighted by Gasteiger charge is -2.22. The highest BCUT2D eigenvalue weighted by molar-refractivity contribution is 5.84. The molecule has 1 N–H and O–H groups in total. The molecule has 2 bridgehead atoms. The molecule has 20 heavy (non-hydrogen) atoms. The van der Waals surface area contributed by atoms with Crippen LogP contribution >= 0.6 is 0 Å². The lowest BCUT2D eigenvalue weighted by molar-refractivity contribution is 0.422. The number of benzene rings is 1. The van der Waals surface area contributed by atoms with Gasteiger partial charge in [-0.1, -0.05) is 33.3 Å². The van der Waals surface area contributed by atoms with Gasteiger partial charge in [-0.25, -0.2) is 0 Å². The normalized spacial score (nSPS) is 29.4. The first-order valence-electron chi connectivity index (χ1n) is 8.14. The third-order valence-electron chi connectivity index (χ3n) is 5.72. The monoisotopic (exact) mass is 267 g/mol. The average molecular weight is 267 g/mol. The molecule has 1 heterocycles. The van der Waals surface area contributed by atoms with Crippen LogP contribution in [-0.2, 0) is 5.41 Å². The maximum Gasteiger partial charge on any atom is 0.0457 e. The Morgan fingerprint density at radius 3 is 2.60 bits per heavy atom. The number of fused-ring (bicyclic) bond motifs is 3. The van der Waals surface area contributed by atoms with Crippen molar-refractivity contribution in [2.75, 3.05) is 0 Å². The average Bonchev–Trinajstić information content (AvgIpc) is 3.11. The molecule has 1 nitrogen and oxygen atoms in total. The van der Waals surface area contributed by atoms with E-state index in [1.54, 1.807) is 5.56 Å². The Kier molecular flexibility index (Phi) is 2.58. The van der Waals surface area contributed by atoms with Crippen LogP contribution in [0.1, 0.15) is 63.5 Å². The second-order valence-corrected chi connectivity index (χ2v) is 8.04. The molecule has 1 aromatic carbocycles. The second kappa shape index (κ2) is 4.13. The minimum Gasteiger partial charge on any atom is -0.361 e. The molecular formula is C19H25N. The van der Waals surface area contributed by atoms with Crippen LogP contribution in [0.25, 0.3) is 10.9 Å². The molecule has 106 valence electrons. The third kappa shape index (κ3) is 1.82. The standard InChI is InChI=1S/C19H25N/c1-19(2,3)14-6-7-18-16(10-14)17(11-20-18)15-9-12-4-5-13(15)8-12/h6-7,10-13,15,20H,4-5,8-9H2,1-3H3. The first-order valence-corrected chi connectivity index (χ1v) is 8.14. The molecule has 2 saturated carbocycles. The van der Waals surface area contributed by atoms with Crippen molar-refractivity contribution >= 4 is 10.9 Å². The predicted octanol–water partition coefficient (Wildman–Crippen LogP) is 5.37. The van der Waals surface area contributed by atoms with E-state index in [9.17, 15) is 0 Å². The summed E-state index contributed by atoms with van der Waals surface area (Å²) in [5, 5.41) is 1.48. The van der Waals surface area contributed by atoms with E-state index in [-0.39, 0.29) is 5.41 Å². The zero-order valence-electron chi connectivity index (χ0n) is 12.9. The van der Waals surface area contributed by atoms with Gasteiger partial charge in [0.05, 0.1) is 0 Å². The van der Waals surface area contributed by atoms with Gasteiger partial charge in [-0.3, -0.25) is 0 Å². The van der Waals surface area contributed by atoms with E-state index in [4.69, 9.17) is 0 Å². The van der Waals surface area contributed by atoms with E-state index in [0.717, 1.165) is 17.8 Å². The molecule has 1 aromatic heterocycles. The van der Waals surface area contributed by atoms with E-state index >= 15 is 0 Å². The molecule has 2 aliphatic rings. The second-order valence-electron chi connectivity index (χ2n) is 8.04. The molecule has 0 amide bonds. The summed E-state index contributed by atoms with van der Waals surface area (Å²) >= 11 is 0. The zero-order valence-corrected chi connectivity index (χ0v) is 12.9. The SMILES string of the molecule is CC(C)(C)c1ccc2[nH]cc(C3CC4CCC3C4)c2c1. The summed E-state index contributed by atoms with van der Waals surface area (Å²) in [5.74, 6) is 2.79. The molecule has 0 saturated heterocycles. The summed E-state index contributed by atoms with van der Waals surface area (Å²) in [5.41, 5.74) is 4.60. The highest BCUT2D eigenvalue weighted by Crippen LogP contribution is 2.54. The van der Waals surface area contributed by atoms with Crippen LogP contribution in [0.5, 0.6) is 0 Å². The van der Waals surface area contributed by atoms with Gasteiger partial charge in [0.1, 0.15) is 0 Å². The summed E-state index contributed by atoms with van der Waals surface area (Å²) in [6, 6.07) is 6.99. The molecule has 0 aliphatic heterocycles. The van der Waals surface area contributed by atoms with Crippen LogP contribution in [0.15, 0.2) is 24.4 Å². The van der Waals surface area contributed by atoms with E-state index in [0.29, 0.717) is 0 Å². The van der Waals surface area contributed by atoms with Gasteiger partial charge in [0.25, 0.3) is 0 Å². The maximum absolute atomic E-state index is 3.50. The van der Waals surface area contributed by atoms with Gasteiger partial charge in [-0.05, 0) is 65.7 Å². The number of H-pyrrole nitrogens is 1. The fourth-order valence-corrected chi connectivity index (χ4v) is 4.54. The number of hydrogen-bond donors (Lipinski definition) is 1. The molecule has 4 rings (SSSR count). The van der Waals surface area contributed by atoms with Crippen LogP contribution in [0, 0.1) is 11.8 Å². The molecule has 2 aromatic rings. The molecule has 0 radical (unpaired) electrons. The van der Waals surface area contributed by atoms with Crippen molar-refractivity contribution in [3.63, 3.8) is 0 Å². The Balaban J connectivity index is 1.80. The fraction of sp³-hybridized carbons (Fsp3) is 0.579. The van der Waals surface area contributed by atoms with Crippen LogP contribution < -0.4 is 0 Å². The van der Waals surface area contributed by atoms with Gasteiger partial charge in [-0.2, -0.15) is 0 Å². The van der Waals surface area contributed by atoms with Gasteiger partial charge in [0.2, 0.25) is 0 Å². The molecule has 2 fully saturated rings. The van der Waals surface area contributed by atoms with Crippen molar-refractivity contribution in [1.82, 2.24) is 4.98 Å². The van der Waals surface area contributed by atoms with Gasteiger partial charge in [-0.15, -0.1) is 0 Å². The molecule has 1 heteroatoms. The number of rotatable bonds is 1. The highest BCUT2D eigenvalue weighted by Gasteiger charge is 2.40. The smallest absolute Gasteiger partial charge is 0.0457 e. The lowest BCUT2D eigenvalue weighted by Crippen LogP contribution is -2.11. The van der Waals surface area contributed by atoms with E-state index in [1.165, 1.54) is 42.1 Å². The molecular weight excluding hydrogens is 242 g/mol. The first kappa shape index (κ1) is 12.5. The Labute approximate surface area is 121 Å². The summed E-state index contributed by atoms with van der Waals surface area (Å²) in [4.78, 5) is 3.50. The van der Waals surface area contributed by atoms with Crippen molar-refractivity contribution in [3.8, 4) is 0 Å². The van der Waals surface area contributed by atoms with Crippen molar-refractivity contribution in [2.24, 2.45) is 11.8 Å². The topological polar surface area (TPSA) is 15.8 Å². The Bertz CT molecular complexity index is 643. The number of hydrogen-bond acceptors (Lipinski definition) is 0. The number of aromatic nitrogens is 1. The predicted molar refractivity (Wildman–Crippen MR) is 85.2 cm³/mol. The molecule has 3 atom stereocenters. The van der Waals surface area contributed by atoms with Crippen molar-refractivity contribution in [1.29, 1.82) is 0 Å². The van der Waals surface area contributed by atoms with E-state index in [1.807, 2.05) is 0 Å². The maximum atomic E-state index is 3.50. The zero-order chi connectivity index (χ0) is 13.9. The van der Waals surface area contributed by atoms with Crippen LogP contribution in [0.4, 0.5) is 0 Å². The van der Waals surface area contributed by atoms with Crippen molar-refractivity contribution in [2.45, 2.75) is 57.8 Å². The highest BCUT2D eigenvalue weighted by atomic mass is 14.7. The van der Waals surface area contributed by atoms with E-state index < -0.39 is 0 Å². The molecule has 0 spiro atoms. The summed E-state index contributed by atoms with van der Waals surface area (Å²) in [6.07, 6.45) is 8.15. The van der Waals surface area contributed by atoms with Gasteiger partial charge >= 0.3 is 0 Å². The largest absolute Gasteiger partial charge is 0.361 e. The van der Waals surface area contributed by atoms with E-state index in [2.05, 4.69) is 50.2 Å². The van der Waals surface area contributed by atoms with Gasteiger partial charge < -0.3 is 4.98 Å². The summed E-state index contributed by atoms with van der Waals surface area (Å²) in [6.45, 7) is 6.91. The third-order valence-corrected chi connectivity index (χ3v) is 5.72. The quantitative estimate of drug-likeness (QED) is 0.715. The Morgan fingerprint density at radius 1 is 1.10 bits per heavy atom. The lowest BCUT2D eigenvalue weighted by atomic mass is 9.81. The number of aromatic amines is 1. The van der Waals surface area contributed by atoms with Crippen molar-refractivity contribution < 1.29 is 0 Å². The minimum atomic E-state index is 0.234. The summed E-state index contributed by atoms with van der Waals surface area (Å²) in [7, 11) is 0. The van der Waals surface area contributed by atoms with Crippen LogP contribution in [-0.4, -0.2) is 4.98 Å². The number of nitrogens with one attached hydrogen (secondary N) is 1. The molecule has 2 aliphatic carbocycles. The first-order chi connectivity index (χ1) is 9.52. The minimum absolute atomic E-state index is 0.234. The van der Waals surface area contributed by atoms with Crippen LogP contribution in [0.2, 0.25) is 0 Å². The molecule has 3 unspecified atom stereocenters. The van der Waals surface area contributed by atoms with Crippen LogP contribution in [0.3, 0.4) is 0 Å². The van der Waals surface area contributed by atoms with Gasteiger partial charge in [0.15, 0.2) is 0 Å².